The summed E-state index contributed by atoms with van der Waals surface area (Å²) in [6.07, 6.45) is 0. The monoisotopic (exact) mass is 312 g/mol. The van der Waals surface area contributed by atoms with Crippen LogP contribution in [0.3, 0.4) is 0 Å². The highest BCUT2D eigenvalue weighted by atomic mass is 79.9. The number of anilines is 1. The Kier molecular flexibility index (Phi) is 3.40. The molecule has 2 aromatic rings. The van der Waals surface area contributed by atoms with Gasteiger partial charge in [-0.05, 0) is 31.5 Å². The maximum Gasteiger partial charge on any atom is 0.307 e. The van der Waals surface area contributed by atoms with E-state index in [9.17, 15) is 4.79 Å². The molecule has 0 aliphatic carbocycles. The molecule has 0 aliphatic rings. The van der Waals surface area contributed by atoms with E-state index in [1.54, 1.807) is 4.57 Å². The summed E-state index contributed by atoms with van der Waals surface area (Å²) < 4.78 is 2.73. The van der Waals surface area contributed by atoms with E-state index in [1.807, 2.05) is 32.0 Å². The van der Waals surface area contributed by atoms with E-state index in [2.05, 4.69) is 15.9 Å². The number of thiazole rings is 1. The molecule has 0 radical (unpaired) electrons. The second kappa shape index (κ2) is 4.66. The summed E-state index contributed by atoms with van der Waals surface area (Å²) in [4.78, 5) is 12.9. The van der Waals surface area contributed by atoms with Gasteiger partial charge < -0.3 is 5.73 Å². The van der Waals surface area contributed by atoms with Crippen molar-refractivity contribution in [1.82, 2.24) is 4.57 Å². The van der Waals surface area contributed by atoms with Crippen molar-refractivity contribution < 1.29 is 0 Å². The number of hydrogen-bond acceptors (Lipinski definition) is 3. The SMILES string of the molecule is Cc1sc(=O)n(Cc2ccc(N)cc2Br)c1C. The summed E-state index contributed by atoms with van der Waals surface area (Å²) in [5, 5.41) is 0. The normalized spacial score (nSPS) is 10.8. The first kappa shape index (κ1) is 12.4. The molecule has 2 N–H and O–H groups in total. The van der Waals surface area contributed by atoms with Crippen LogP contribution in [0, 0.1) is 13.8 Å². The summed E-state index contributed by atoms with van der Waals surface area (Å²) in [5.41, 5.74) is 8.49. The Hall–Kier alpha value is -1.07. The summed E-state index contributed by atoms with van der Waals surface area (Å²) in [5.74, 6) is 0. The number of halogens is 1. The van der Waals surface area contributed by atoms with Crippen LogP contribution >= 0.6 is 27.3 Å². The number of nitrogen functional groups attached to an aromatic ring is 1. The van der Waals surface area contributed by atoms with Gasteiger partial charge in [0.2, 0.25) is 0 Å². The van der Waals surface area contributed by atoms with Crippen LogP contribution in [0.4, 0.5) is 5.69 Å². The van der Waals surface area contributed by atoms with Gasteiger partial charge in [0.15, 0.2) is 0 Å². The molecule has 0 unspecified atom stereocenters. The van der Waals surface area contributed by atoms with Gasteiger partial charge in [-0.25, -0.2) is 0 Å². The van der Waals surface area contributed by atoms with Crippen LogP contribution in [0.25, 0.3) is 0 Å². The molecule has 0 amide bonds. The van der Waals surface area contributed by atoms with Crippen LogP contribution in [0.15, 0.2) is 27.5 Å². The fraction of sp³-hybridized carbons (Fsp3) is 0.250. The lowest BCUT2D eigenvalue weighted by molar-refractivity contribution is 0.749. The number of aromatic nitrogens is 1. The van der Waals surface area contributed by atoms with Crippen molar-refractivity contribution in [3.05, 3.63) is 48.5 Å². The Morgan fingerprint density at radius 2 is 2.12 bits per heavy atom. The van der Waals surface area contributed by atoms with Crippen molar-refractivity contribution in [1.29, 1.82) is 0 Å². The summed E-state index contributed by atoms with van der Waals surface area (Å²) in [6.45, 7) is 4.52. The minimum absolute atomic E-state index is 0.0868. The smallest absolute Gasteiger partial charge is 0.307 e. The van der Waals surface area contributed by atoms with Gasteiger partial charge in [0.25, 0.3) is 0 Å². The van der Waals surface area contributed by atoms with Crippen LogP contribution < -0.4 is 10.6 Å². The predicted molar refractivity (Wildman–Crippen MR) is 75.7 cm³/mol. The Labute approximate surface area is 112 Å². The second-order valence-electron chi connectivity index (χ2n) is 3.95. The number of benzene rings is 1. The molecular weight excluding hydrogens is 300 g/mol. The average molecular weight is 313 g/mol. The van der Waals surface area contributed by atoms with Crippen molar-refractivity contribution in [3.8, 4) is 0 Å². The summed E-state index contributed by atoms with van der Waals surface area (Å²) in [6, 6.07) is 5.65. The minimum Gasteiger partial charge on any atom is -0.399 e. The maximum atomic E-state index is 11.8. The Balaban J connectivity index is 2.41. The van der Waals surface area contributed by atoms with Gasteiger partial charge in [-0.1, -0.05) is 33.3 Å². The highest BCUT2D eigenvalue weighted by Gasteiger charge is 2.09. The van der Waals surface area contributed by atoms with Gasteiger partial charge in [0.05, 0.1) is 6.54 Å². The molecule has 0 saturated heterocycles. The summed E-state index contributed by atoms with van der Waals surface area (Å²) in [7, 11) is 0. The van der Waals surface area contributed by atoms with Gasteiger partial charge in [0, 0.05) is 20.7 Å². The molecule has 0 spiro atoms. The number of rotatable bonds is 2. The zero-order valence-corrected chi connectivity index (χ0v) is 12.1. The predicted octanol–water partition coefficient (Wildman–Crippen LogP) is 2.92. The van der Waals surface area contributed by atoms with E-state index in [0.717, 1.165) is 20.6 Å². The topological polar surface area (TPSA) is 48.0 Å². The lowest BCUT2D eigenvalue weighted by Gasteiger charge is -2.08. The van der Waals surface area contributed by atoms with Crippen molar-refractivity contribution >= 4 is 33.0 Å². The van der Waals surface area contributed by atoms with Crippen LogP contribution in [0.1, 0.15) is 16.1 Å². The third-order valence-corrected chi connectivity index (χ3v) is 4.52. The molecule has 0 saturated carbocycles. The number of aryl methyl sites for hydroxylation is 1. The van der Waals surface area contributed by atoms with Gasteiger partial charge in [-0.3, -0.25) is 9.36 Å². The van der Waals surface area contributed by atoms with E-state index in [-0.39, 0.29) is 4.87 Å². The van der Waals surface area contributed by atoms with Crippen molar-refractivity contribution in [2.75, 3.05) is 5.73 Å². The van der Waals surface area contributed by atoms with Gasteiger partial charge in [0.1, 0.15) is 0 Å². The third-order valence-electron chi connectivity index (χ3n) is 2.78. The Morgan fingerprint density at radius 1 is 1.41 bits per heavy atom. The molecule has 0 aliphatic heterocycles. The molecule has 3 nitrogen and oxygen atoms in total. The molecule has 2 rings (SSSR count). The minimum atomic E-state index is 0.0868. The van der Waals surface area contributed by atoms with E-state index in [0.29, 0.717) is 12.2 Å². The van der Waals surface area contributed by atoms with Crippen molar-refractivity contribution in [2.45, 2.75) is 20.4 Å². The number of nitrogens with two attached hydrogens (primary N) is 1. The highest BCUT2D eigenvalue weighted by molar-refractivity contribution is 9.10. The molecule has 1 aromatic carbocycles. The Bertz CT molecular complexity index is 615. The molecule has 1 heterocycles. The van der Waals surface area contributed by atoms with Crippen molar-refractivity contribution in [2.24, 2.45) is 0 Å². The summed E-state index contributed by atoms with van der Waals surface area (Å²) >= 11 is 4.76. The molecule has 17 heavy (non-hydrogen) atoms. The molecule has 0 bridgehead atoms. The lowest BCUT2D eigenvalue weighted by atomic mass is 10.2. The van der Waals surface area contributed by atoms with Crippen LogP contribution in [-0.2, 0) is 6.54 Å². The van der Waals surface area contributed by atoms with Crippen LogP contribution in [-0.4, -0.2) is 4.57 Å². The van der Waals surface area contributed by atoms with E-state index in [1.165, 1.54) is 11.3 Å². The first-order chi connectivity index (χ1) is 7.99. The number of hydrogen-bond donors (Lipinski definition) is 1. The van der Waals surface area contributed by atoms with Gasteiger partial charge in [-0.2, -0.15) is 0 Å². The molecule has 90 valence electrons. The zero-order valence-electron chi connectivity index (χ0n) is 9.66. The first-order valence-electron chi connectivity index (χ1n) is 5.20. The largest absolute Gasteiger partial charge is 0.399 e. The van der Waals surface area contributed by atoms with E-state index in [4.69, 9.17) is 5.73 Å². The third kappa shape index (κ3) is 2.45. The van der Waals surface area contributed by atoms with Crippen LogP contribution in [0.2, 0.25) is 0 Å². The zero-order chi connectivity index (χ0) is 12.6. The van der Waals surface area contributed by atoms with Crippen LogP contribution in [0.5, 0.6) is 0 Å². The highest BCUT2D eigenvalue weighted by Crippen LogP contribution is 2.21. The standard InChI is InChI=1S/C12H13BrN2OS/c1-7-8(2)17-12(16)15(7)6-9-3-4-10(14)5-11(9)13/h3-5H,6,14H2,1-2H3. The molecule has 0 atom stereocenters. The fourth-order valence-electron chi connectivity index (χ4n) is 1.63. The van der Waals surface area contributed by atoms with Gasteiger partial charge >= 0.3 is 4.87 Å². The van der Waals surface area contributed by atoms with E-state index < -0.39 is 0 Å². The fourth-order valence-corrected chi connectivity index (χ4v) is 2.99. The molecular formula is C12H13BrN2OS. The quantitative estimate of drug-likeness (QED) is 0.867. The first-order valence-corrected chi connectivity index (χ1v) is 6.80. The molecule has 0 fully saturated rings. The number of nitrogens with zero attached hydrogens (tertiary/aromatic N) is 1. The average Bonchev–Trinajstić information content (AvgIpc) is 2.48. The van der Waals surface area contributed by atoms with E-state index >= 15 is 0 Å². The molecule has 5 heteroatoms. The Morgan fingerprint density at radius 3 is 2.65 bits per heavy atom. The maximum absolute atomic E-state index is 11.8. The molecule has 1 aromatic heterocycles. The second-order valence-corrected chi connectivity index (χ2v) is 5.97. The van der Waals surface area contributed by atoms with Gasteiger partial charge in [-0.15, -0.1) is 0 Å². The van der Waals surface area contributed by atoms with Crippen molar-refractivity contribution in [3.63, 3.8) is 0 Å². The lowest BCUT2D eigenvalue weighted by Crippen LogP contribution is -2.15.